The van der Waals surface area contributed by atoms with Crippen LogP contribution in [-0.2, 0) is 4.74 Å². The van der Waals surface area contributed by atoms with Crippen LogP contribution in [0.3, 0.4) is 0 Å². The van der Waals surface area contributed by atoms with E-state index < -0.39 is 31.0 Å². The number of halogens is 10. The van der Waals surface area contributed by atoms with Crippen LogP contribution in [0.4, 0.5) is 43.9 Å². The molecule has 0 aromatic carbocycles. The minimum Gasteiger partial charge on any atom is -0.274 e. The van der Waals surface area contributed by atoms with Crippen molar-refractivity contribution in [2.24, 2.45) is 0 Å². The summed E-state index contributed by atoms with van der Waals surface area (Å²) in [5.74, 6) is 0. The number of ether oxygens (including phenoxy) is 1. The van der Waals surface area contributed by atoms with Gasteiger partial charge in [0, 0.05) is 0 Å². The molecule has 0 spiro atoms. The monoisotopic (exact) mass is 268 g/mol. The number of hydrogen-bond acceptors (Lipinski definition) is 1. The number of hydrogen-bond donors (Lipinski definition) is 0. The largest absolute Gasteiger partial charge is 0.445 e. The van der Waals surface area contributed by atoms with Crippen molar-refractivity contribution in [3.63, 3.8) is 0 Å². The lowest BCUT2D eigenvalue weighted by molar-refractivity contribution is -0.397. The van der Waals surface area contributed by atoms with Crippen molar-refractivity contribution >= 4 is 0 Å². The first-order valence-electron chi connectivity index (χ1n) is 3.25. The van der Waals surface area contributed by atoms with Gasteiger partial charge in [-0.1, -0.05) is 0 Å². The molecule has 0 amide bonds. The van der Waals surface area contributed by atoms with Crippen molar-refractivity contribution in [1.29, 1.82) is 0 Å². The molecule has 0 fully saturated rings. The Bertz CT molecular complexity index is 228. The predicted molar refractivity (Wildman–Crippen MR) is 27.9 cm³/mol. The second kappa shape index (κ2) is 4.26. The summed E-state index contributed by atoms with van der Waals surface area (Å²) in [6.45, 7) is 0. The molecular formula is C5H2F10O. The molecule has 0 radical (unpaired) electrons. The molecule has 2 atom stereocenters. The zero-order chi connectivity index (χ0) is 13.4. The number of rotatable bonds is 3. The van der Waals surface area contributed by atoms with Crippen LogP contribution in [0.1, 0.15) is 0 Å². The molecular weight excluding hydrogens is 266 g/mol. The van der Waals surface area contributed by atoms with E-state index in [-0.39, 0.29) is 0 Å². The van der Waals surface area contributed by atoms with E-state index >= 15 is 0 Å². The smallest absolute Gasteiger partial charge is 0.274 e. The summed E-state index contributed by atoms with van der Waals surface area (Å²) in [6.07, 6.45) is -27.9. The summed E-state index contributed by atoms with van der Waals surface area (Å²) in [5, 5.41) is 0. The molecule has 1 nitrogen and oxygen atoms in total. The van der Waals surface area contributed by atoms with Gasteiger partial charge in [-0.2, -0.15) is 35.1 Å². The number of alkyl halides is 10. The van der Waals surface area contributed by atoms with Crippen LogP contribution in [-0.4, -0.2) is 31.0 Å². The van der Waals surface area contributed by atoms with Crippen LogP contribution >= 0.6 is 0 Å². The quantitative estimate of drug-likeness (QED) is 0.713. The molecule has 11 heteroatoms. The Balaban J connectivity index is 4.70. The van der Waals surface area contributed by atoms with Gasteiger partial charge in [0.25, 0.3) is 12.5 Å². The average molecular weight is 268 g/mol. The highest BCUT2D eigenvalue weighted by Gasteiger charge is 2.61. The second-order valence-corrected chi connectivity index (χ2v) is 2.44. The van der Waals surface area contributed by atoms with Crippen LogP contribution in [0, 0.1) is 0 Å². The van der Waals surface area contributed by atoms with Crippen molar-refractivity contribution in [3.05, 3.63) is 0 Å². The van der Waals surface area contributed by atoms with Crippen molar-refractivity contribution in [3.8, 4) is 0 Å². The Kier molecular flexibility index (Phi) is 4.06. The van der Waals surface area contributed by atoms with E-state index in [9.17, 15) is 43.9 Å². The van der Waals surface area contributed by atoms with Gasteiger partial charge in [0.2, 0.25) is 0 Å². The highest BCUT2D eigenvalue weighted by Crippen LogP contribution is 2.38. The van der Waals surface area contributed by atoms with Gasteiger partial charge in [-0.25, -0.2) is 8.78 Å². The van der Waals surface area contributed by atoms with Gasteiger partial charge in [0.15, 0.2) is 0 Å². The first-order valence-corrected chi connectivity index (χ1v) is 3.25. The van der Waals surface area contributed by atoms with E-state index in [0.717, 1.165) is 0 Å². The summed E-state index contributed by atoms with van der Waals surface area (Å²) >= 11 is 0. The Morgan fingerprint density at radius 1 is 0.688 bits per heavy atom. The van der Waals surface area contributed by atoms with Crippen LogP contribution < -0.4 is 0 Å². The van der Waals surface area contributed by atoms with Crippen LogP contribution in [0.15, 0.2) is 0 Å². The third-order valence-corrected chi connectivity index (χ3v) is 1.10. The van der Waals surface area contributed by atoms with E-state index in [1.807, 2.05) is 0 Å². The summed E-state index contributed by atoms with van der Waals surface area (Å²) in [5.41, 5.74) is 0. The first-order chi connectivity index (χ1) is 6.78. The molecule has 0 saturated heterocycles. The lowest BCUT2D eigenvalue weighted by Crippen LogP contribution is -2.47. The molecule has 0 aromatic rings. The molecule has 0 aliphatic heterocycles. The van der Waals surface area contributed by atoms with Gasteiger partial charge in [-0.15, -0.1) is 0 Å². The van der Waals surface area contributed by atoms with Crippen LogP contribution in [0.2, 0.25) is 0 Å². The molecule has 0 heterocycles. The summed E-state index contributed by atoms with van der Waals surface area (Å²) in [6, 6.07) is 0. The van der Waals surface area contributed by atoms with Gasteiger partial charge < -0.3 is 0 Å². The SMILES string of the molecule is FC(OC(F)(F)C(F)C(F)(F)F)C(F)(F)F. The van der Waals surface area contributed by atoms with E-state index in [1.54, 1.807) is 0 Å². The molecule has 2 unspecified atom stereocenters. The van der Waals surface area contributed by atoms with E-state index in [2.05, 4.69) is 4.74 Å². The molecule has 0 rings (SSSR count). The van der Waals surface area contributed by atoms with Gasteiger partial charge in [0.05, 0.1) is 0 Å². The maximum Gasteiger partial charge on any atom is 0.445 e. The van der Waals surface area contributed by atoms with Gasteiger partial charge in [-0.3, -0.25) is 4.74 Å². The minimum atomic E-state index is -6.17. The molecule has 0 saturated carbocycles. The fraction of sp³-hybridized carbons (Fsp3) is 1.00. The molecule has 0 aliphatic rings. The van der Waals surface area contributed by atoms with E-state index in [1.165, 1.54) is 0 Å². The third kappa shape index (κ3) is 4.02. The van der Waals surface area contributed by atoms with Crippen LogP contribution in [0.25, 0.3) is 0 Å². The Hall–Kier alpha value is -0.740. The predicted octanol–water partition coefficient (Wildman–Crippen LogP) is 3.35. The van der Waals surface area contributed by atoms with Crippen molar-refractivity contribution in [2.75, 3.05) is 0 Å². The highest BCUT2D eigenvalue weighted by atomic mass is 19.4. The van der Waals surface area contributed by atoms with E-state index in [4.69, 9.17) is 0 Å². The summed E-state index contributed by atoms with van der Waals surface area (Å²) < 4.78 is 118. The minimum absolute atomic E-state index is 2.07. The van der Waals surface area contributed by atoms with Crippen molar-refractivity contribution in [1.82, 2.24) is 0 Å². The zero-order valence-electron chi connectivity index (χ0n) is 6.84. The van der Waals surface area contributed by atoms with Gasteiger partial charge >= 0.3 is 18.5 Å². The summed E-state index contributed by atoms with van der Waals surface area (Å²) in [4.78, 5) is 0. The fourth-order valence-corrected chi connectivity index (χ4v) is 0.455. The molecule has 16 heavy (non-hydrogen) atoms. The average Bonchev–Trinajstić information content (AvgIpc) is 1.98. The second-order valence-electron chi connectivity index (χ2n) is 2.44. The maximum absolute atomic E-state index is 12.0. The lowest BCUT2D eigenvalue weighted by Gasteiger charge is -2.24. The highest BCUT2D eigenvalue weighted by molar-refractivity contribution is 4.76. The normalized spacial score (nSPS) is 18.4. The van der Waals surface area contributed by atoms with Crippen molar-refractivity contribution in [2.45, 2.75) is 31.0 Å². The molecule has 0 bridgehead atoms. The fourth-order valence-electron chi connectivity index (χ4n) is 0.455. The molecule has 0 N–H and O–H groups in total. The van der Waals surface area contributed by atoms with Gasteiger partial charge in [-0.05, 0) is 0 Å². The molecule has 0 aromatic heterocycles. The first kappa shape index (κ1) is 15.3. The summed E-state index contributed by atoms with van der Waals surface area (Å²) in [7, 11) is 0. The molecule has 0 aliphatic carbocycles. The standard InChI is InChI=1S/C5H2F10O/c6-1(3(8,9)10)5(14,15)16-2(7)4(11,12)13/h1-2H. The van der Waals surface area contributed by atoms with Crippen molar-refractivity contribution < 1.29 is 48.6 Å². The maximum atomic E-state index is 12.0. The van der Waals surface area contributed by atoms with Gasteiger partial charge in [0.1, 0.15) is 0 Å². The molecule has 98 valence electrons. The third-order valence-electron chi connectivity index (χ3n) is 1.10. The Morgan fingerprint density at radius 2 is 1.06 bits per heavy atom. The Labute approximate surface area is 81.0 Å². The zero-order valence-corrected chi connectivity index (χ0v) is 6.84. The lowest BCUT2D eigenvalue weighted by atomic mass is 10.3. The topological polar surface area (TPSA) is 9.23 Å². The van der Waals surface area contributed by atoms with E-state index in [0.29, 0.717) is 0 Å². The Morgan fingerprint density at radius 3 is 1.31 bits per heavy atom. The van der Waals surface area contributed by atoms with Crippen LogP contribution in [0.5, 0.6) is 0 Å².